The normalized spacial score (nSPS) is 15.9. The second-order valence-corrected chi connectivity index (χ2v) is 5.64. The Morgan fingerprint density at radius 3 is 1.78 bits per heavy atom. The van der Waals surface area contributed by atoms with Gasteiger partial charge in [-0.15, -0.1) is 0 Å². The number of hydrogen-bond acceptors (Lipinski definition) is 7. The van der Waals surface area contributed by atoms with Gasteiger partial charge in [0.05, 0.1) is 31.2 Å². The molecule has 0 amide bonds. The molecule has 0 fully saturated rings. The van der Waals surface area contributed by atoms with E-state index in [0.717, 1.165) is 0 Å². The third-order valence-corrected chi connectivity index (χ3v) is 3.04. The first-order chi connectivity index (χ1) is 8.28. The van der Waals surface area contributed by atoms with Crippen LogP contribution in [0.15, 0.2) is 0 Å². The minimum absolute atomic E-state index is 0.0407. The van der Waals surface area contributed by atoms with Crippen LogP contribution in [0.2, 0.25) is 0 Å². The highest BCUT2D eigenvalue weighted by Gasteiger charge is 2.15. The molecule has 2 unspecified atom stereocenters. The zero-order valence-corrected chi connectivity index (χ0v) is 10.8. The van der Waals surface area contributed by atoms with Gasteiger partial charge in [-0.05, 0) is 13.0 Å². The molecule has 110 valence electrons. The minimum Gasteiger partial charge on any atom is -0.394 e. The van der Waals surface area contributed by atoms with Crippen LogP contribution < -0.4 is 0 Å². The molecule has 2 atom stereocenters. The van der Waals surface area contributed by atoms with Crippen LogP contribution in [-0.2, 0) is 10.1 Å². The summed E-state index contributed by atoms with van der Waals surface area (Å²) in [5.41, 5.74) is 0. The van der Waals surface area contributed by atoms with Gasteiger partial charge in [0.2, 0.25) is 0 Å². The molecule has 0 heterocycles. The van der Waals surface area contributed by atoms with Gasteiger partial charge in [-0.3, -0.25) is 9.45 Å². The molecule has 0 spiro atoms. The van der Waals surface area contributed by atoms with Crippen LogP contribution in [0.3, 0.4) is 0 Å². The van der Waals surface area contributed by atoms with Gasteiger partial charge in [0.25, 0.3) is 10.1 Å². The largest absolute Gasteiger partial charge is 0.394 e. The third kappa shape index (κ3) is 9.71. The molecule has 9 heteroatoms. The molecule has 0 saturated carbocycles. The van der Waals surface area contributed by atoms with E-state index in [0.29, 0.717) is 0 Å². The van der Waals surface area contributed by atoms with Crippen LogP contribution in [0.1, 0.15) is 6.42 Å². The molecule has 0 aliphatic heterocycles. The fraction of sp³-hybridized carbons (Fsp3) is 1.00. The Balaban J connectivity index is 4.20. The zero-order chi connectivity index (χ0) is 14.2. The molecular formula is C9H21NO7S. The number of rotatable bonds is 10. The summed E-state index contributed by atoms with van der Waals surface area (Å²) in [6.45, 7) is -0.625. The van der Waals surface area contributed by atoms with Crippen molar-refractivity contribution in [1.29, 1.82) is 0 Å². The van der Waals surface area contributed by atoms with Crippen molar-refractivity contribution in [2.24, 2.45) is 0 Å². The highest BCUT2D eigenvalue weighted by Crippen LogP contribution is 1.99. The molecule has 0 bridgehead atoms. The van der Waals surface area contributed by atoms with Crippen molar-refractivity contribution in [3.8, 4) is 0 Å². The highest BCUT2D eigenvalue weighted by molar-refractivity contribution is 7.85. The van der Waals surface area contributed by atoms with E-state index in [1.165, 1.54) is 4.90 Å². The molecule has 0 aliphatic rings. The quantitative estimate of drug-likeness (QED) is 0.273. The van der Waals surface area contributed by atoms with Crippen molar-refractivity contribution in [3.63, 3.8) is 0 Å². The lowest BCUT2D eigenvalue weighted by atomic mass is 10.2. The Labute approximate surface area is 106 Å². The first-order valence-corrected chi connectivity index (χ1v) is 7.14. The Morgan fingerprint density at radius 1 is 1.00 bits per heavy atom. The SMILES string of the molecule is O=S(=O)(O)CCCN(CC(O)CO)CC(O)CO. The molecule has 0 rings (SSSR count). The molecule has 5 N–H and O–H groups in total. The van der Waals surface area contributed by atoms with Crippen molar-refractivity contribution in [2.45, 2.75) is 18.6 Å². The zero-order valence-electron chi connectivity index (χ0n) is 10.0. The molecule has 0 radical (unpaired) electrons. The van der Waals surface area contributed by atoms with Crippen LogP contribution >= 0.6 is 0 Å². The lowest BCUT2D eigenvalue weighted by molar-refractivity contribution is 0.0234. The van der Waals surface area contributed by atoms with Gasteiger partial charge >= 0.3 is 0 Å². The number of nitrogens with zero attached hydrogens (tertiary/aromatic N) is 1. The number of hydrogen-bond donors (Lipinski definition) is 5. The van der Waals surface area contributed by atoms with Crippen molar-refractivity contribution in [2.75, 3.05) is 38.6 Å². The number of aliphatic hydroxyl groups is 4. The summed E-state index contributed by atoms with van der Waals surface area (Å²) in [5, 5.41) is 35.9. The smallest absolute Gasteiger partial charge is 0.264 e. The van der Waals surface area contributed by atoms with Gasteiger partial charge in [-0.2, -0.15) is 8.42 Å². The summed E-state index contributed by atoms with van der Waals surface area (Å²) in [6.07, 6.45) is -1.90. The minimum atomic E-state index is -4.04. The Bertz CT molecular complexity index is 296. The summed E-state index contributed by atoms with van der Waals surface area (Å²) in [5.74, 6) is -0.423. The molecular weight excluding hydrogens is 266 g/mol. The van der Waals surface area contributed by atoms with E-state index < -0.39 is 41.3 Å². The summed E-state index contributed by atoms with van der Waals surface area (Å²) < 4.78 is 29.6. The van der Waals surface area contributed by atoms with Gasteiger partial charge in [0.15, 0.2) is 0 Å². The van der Waals surface area contributed by atoms with E-state index in [1.807, 2.05) is 0 Å². The molecule has 0 aromatic heterocycles. The fourth-order valence-electron chi connectivity index (χ4n) is 1.44. The van der Waals surface area contributed by atoms with Crippen molar-refractivity contribution in [1.82, 2.24) is 4.90 Å². The number of aliphatic hydroxyl groups excluding tert-OH is 4. The van der Waals surface area contributed by atoms with Crippen LogP contribution in [0.4, 0.5) is 0 Å². The lowest BCUT2D eigenvalue weighted by Crippen LogP contribution is -2.41. The van der Waals surface area contributed by atoms with Crippen LogP contribution in [0, 0.1) is 0 Å². The molecule has 18 heavy (non-hydrogen) atoms. The van der Waals surface area contributed by atoms with E-state index in [2.05, 4.69) is 0 Å². The fourth-order valence-corrected chi connectivity index (χ4v) is 1.93. The van der Waals surface area contributed by atoms with Gasteiger partial charge in [-0.25, -0.2) is 0 Å². The summed E-state index contributed by atoms with van der Waals surface area (Å²) in [6, 6.07) is 0. The van der Waals surface area contributed by atoms with Crippen LogP contribution in [-0.4, -0.2) is 89.1 Å². The van der Waals surface area contributed by atoms with E-state index in [9.17, 15) is 18.6 Å². The third-order valence-electron chi connectivity index (χ3n) is 2.24. The molecule has 8 nitrogen and oxygen atoms in total. The van der Waals surface area contributed by atoms with Gasteiger partial charge < -0.3 is 20.4 Å². The first-order valence-electron chi connectivity index (χ1n) is 5.54. The summed E-state index contributed by atoms with van der Waals surface area (Å²) in [4.78, 5) is 1.51. The van der Waals surface area contributed by atoms with E-state index in [-0.39, 0.29) is 26.1 Å². The predicted molar refractivity (Wildman–Crippen MR) is 63.7 cm³/mol. The molecule has 0 saturated heterocycles. The molecule has 0 aromatic rings. The van der Waals surface area contributed by atoms with Crippen LogP contribution in [0.5, 0.6) is 0 Å². The Morgan fingerprint density at radius 2 is 1.44 bits per heavy atom. The summed E-state index contributed by atoms with van der Waals surface area (Å²) >= 11 is 0. The van der Waals surface area contributed by atoms with Gasteiger partial charge in [0, 0.05) is 13.1 Å². The van der Waals surface area contributed by atoms with E-state index >= 15 is 0 Å². The van der Waals surface area contributed by atoms with Crippen LogP contribution in [0.25, 0.3) is 0 Å². The maximum Gasteiger partial charge on any atom is 0.264 e. The monoisotopic (exact) mass is 287 g/mol. The Kier molecular flexibility index (Phi) is 8.61. The average molecular weight is 287 g/mol. The Hall–Kier alpha value is -0.290. The second-order valence-electron chi connectivity index (χ2n) is 4.07. The predicted octanol–water partition coefficient (Wildman–Crippen LogP) is -2.73. The van der Waals surface area contributed by atoms with Gasteiger partial charge in [0.1, 0.15) is 0 Å². The highest BCUT2D eigenvalue weighted by atomic mass is 32.2. The average Bonchev–Trinajstić information content (AvgIpc) is 2.26. The van der Waals surface area contributed by atoms with Crippen molar-refractivity contribution in [3.05, 3.63) is 0 Å². The lowest BCUT2D eigenvalue weighted by Gasteiger charge is -2.25. The second kappa shape index (κ2) is 8.75. The van der Waals surface area contributed by atoms with Crippen molar-refractivity contribution >= 4 is 10.1 Å². The molecule has 0 aliphatic carbocycles. The van der Waals surface area contributed by atoms with Crippen molar-refractivity contribution < 1.29 is 33.4 Å². The maximum absolute atomic E-state index is 10.5. The molecule has 0 aromatic carbocycles. The maximum atomic E-state index is 10.5. The van der Waals surface area contributed by atoms with Gasteiger partial charge in [-0.1, -0.05) is 0 Å². The first kappa shape index (κ1) is 17.7. The summed E-state index contributed by atoms with van der Waals surface area (Å²) in [7, 11) is -4.04. The van der Waals surface area contributed by atoms with E-state index in [1.54, 1.807) is 0 Å². The standard InChI is InChI=1S/C9H21NO7S/c11-6-8(13)4-10(5-9(14)7-12)2-1-3-18(15,16)17/h8-9,11-14H,1-7H2,(H,15,16,17). The topological polar surface area (TPSA) is 139 Å². The van der Waals surface area contributed by atoms with E-state index in [4.69, 9.17) is 14.8 Å².